The highest BCUT2D eigenvalue weighted by atomic mass is 15.4. The zero-order valence-electron chi connectivity index (χ0n) is 12.3. The molecule has 0 fully saturated rings. The van der Waals surface area contributed by atoms with Gasteiger partial charge in [0.05, 0.1) is 11.4 Å². The molecular weight excluding hydrogens is 248 g/mol. The highest BCUT2D eigenvalue weighted by Gasteiger charge is 2.22. The fourth-order valence-electron chi connectivity index (χ4n) is 2.96. The number of aromatic nitrogens is 2. The number of benzene rings is 1. The Morgan fingerprint density at radius 3 is 2.75 bits per heavy atom. The van der Waals surface area contributed by atoms with Crippen LogP contribution in [-0.4, -0.2) is 16.3 Å². The predicted molar refractivity (Wildman–Crippen MR) is 82.9 cm³/mol. The molecule has 2 heterocycles. The van der Waals surface area contributed by atoms with Crippen molar-refractivity contribution in [3.8, 4) is 0 Å². The second kappa shape index (κ2) is 5.19. The lowest BCUT2D eigenvalue weighted by Gasteiger charge is -2.31. The quantitative estimate of drug-likeness (QED) is 0.933. The molecule has 1 aliphatic heterocycles. The number of nitrogens with zero attached hydrogens (tertiary/aromatic N) is 3. The average Bonchev–Trinajstić information content (AvgIpc) is 2.74. The van der Waals surface area contributed by atoms with Gasteiger partial charge in [-0.1, -0.05) is 31.2 Å². The number of hydrogen-bond acceptors (Lipinski definition) is 3. The Bertz CT molecular complexity index is 615. The number of nitrogen functional groups attached to an aromatic ring is 1. The second-order valence-electron chi connectivity index (χ2n) is 5.49. The summed E-state index contributed by atoms with van der Waals surface area (Å²) in [6.07, 6.45) is 2.14. The molecule has 106 valence electrons. The third-order valence-corrected chi connectivity index (χ3v) is 4.01. The minimum atomic E-state index is 0.831. The maximum absolute atomic E-state index is 6.26. The number of hydrogen-bond donors (Lipinski definition) is 1. The van der Waals surface area contributed by atoms with Crippen LogP contribution in [0.5, 0.6) is 0 Å². The molecule has 20 heavy (non-hydrogen) atoms. The third-order valence-electron chi connectivity index (χ3n) is 4.01. The maximum Gasteiger partial charge on any atom is 0.150 e. The van der Waals surface area contributed by atoms with E-state index in [1.165, 1.54) is 11.1 Å². The van der Waals surface area contributed by atoms with Crippen molar-refractivity contribution in [3.05, 3.63) is 41.1 Å². The molecule has 2 aromatic rings. The Hall–Kier alpha value is -1.97. The summed E-state index contributed by atoms with van der Waals surface area (Å²) in [6.45, 7) is 7.02. The first-order valence-corrected chi connectivity index (χ1v) is 7.35. The summed E-state index contributed by atoms with van der Waals surface area (Å²) in [5, 5.41) is 4.58. The Morgan fingerprint density at radius 1 is 1.25 bits per heavy atom. The summed E-state index contributed by atoms with van der Waals surface area (Å²) < 4.78 is 2.07. The minimum absolute atomic E-state index is 0.831. The number of rotatable bonds is 3. The van der Waals surface area contributed by atoms with Crippen LogP contribution in [0.3, 0.4) is 0 Å². The van der Waals surface area contributed by atoms with Gasteiger partial charge in [-0.15, -0.1) is 0 Å². The number of aryl methyl sites for hydroxylation is 2. The molecule has 0 bridgehead atoms. The van der Waals surface area contributed by atoms with Crippen LogP contribution in [0.2, 0.25) is 0 Å². The van der Waals surface area contributed by atoms with E-state index in [-0.39, 0.29) is 0 Å². The molecule has 1 aromatic carbocycles. The second-order valence-corrected chi connectivity index (χ2v) is 5.49. The molecule has 1 aliphatic rings. The molecule has 0 radical (unpaired) electrons. The summed E-state index contributed by atoms with van der Waals surface area (Å²) in [5.74, 6) is 1.10. The van der Waals surface area contributed by atoms with Crippen molar-refractivity contribution in [2.75, 3.05) is 17.2 Å². The highest BCUT2D eigenvalue weighted by molar-refractivity contribution is 5.67. The molecule has 0 spiro atoms. The van der Waals surface area contributed by atoms with E-state index in [2.05, 4.69) is 45.9 Å². The highest BCUT2D eigenvalue weighted by Crippen LogP contribution is 2.31. The van der Waals surface area contributed by atoms with Crippen molar-refractivity contribution < 1.29 is 0 Å². The Kier molecular flexibility index (Phi) is 3.38. The molecule has 4 nitrogen and oxygen atoms in total. The molecule has 0 atom stereocenters. The van der Waals surface area contributed by atoms with E-state index in [1.807, 2.05) is 6.92 Å². The molecule has 4 heteroatoms. The standard InChI is InChI=1S/C16H22N4/c1-3-9-20-16(15(17)12(2)18-20)19-10-8-13-6-4-5-7-14(13)11-19/h4-7H,3,8-11,17H2,1-2H3. The van der Waals surface area contributed by atoms with E-state index in [1.54, 1.807) is 0 Å². The molecular formula is C16H22N4. The normalized spacial score (nSPS) is 14.4. The summed E-state index contributed by atoms with van der Waals surface area (Å²) in [7, 11) is 0. The first kappa shape index (κ1) is 13.0. The molecule has 0 aliphatic carbocycles. The molecule has 0 amide bonds. The molecule has 0 saturated heterocycles. The number of nitrogens with two attached hydrogens (primary N) is 1. The number of anilines is 2. The Labute approximate surface area is 120 Å². The summed E-state index contributed by atoms with van der Waals surface area (Å²) in [4.78, 5) is 2.37. The Balaban J connectivity index is 1.95. The molecule has 0 unspecified atom stereocenters. The lowest BCUT2D eigenvalue weighted by Crippen LogP contribution is -2.32. The van der Waals surface area contributed by atoms with Crippen LogP contribution in [-0.2, 0) is 19.5 Å². The first-order valence-electron chi connectivity index (χ1n) is 7.35. The van der Waals surface area contributed by atoms with Crippen LogP contribution in [0.15, 0.2) is 24.3 Å². The van der Waals surface area contributed by atoms with Gasteiger partial charge in [0.1, 0.15) is 0 Å². The average molecular weight is 270 g/mol. The molecule has 3 rings (SSSR count). The zero-order chi connectivity index (χ0) is 14.1. The minimum Gasteiger partial charge on any atom is -0.394 e. The van der Waals surface area contributed by atoms with E-state index < -0.39 is 0 Å². The summed E-state index contributed by atoms with van der Waals surface area (Å²) in [5.41, 5.74) is 10.9. The van der Waals surface area contributed by atoms with Crippen LogP contribution in [0.1, 0.15) is 30.2 Å². The summed E-state index contributed by atoms with van der Waals surface area (Å²) in [6, 6.07) is 8.67. The van der Waals surface area contributed by atoms with Gasteiger partial charge < -0.3 is 10.6 Å². The van der Waals surface area contributed by atoms with Crippen LogP contribution < -0.4 is 10.6 Å². The van der Waals surface area contributed by atoms with Crippen molar-refractivity contribution in [3.63, 3.8) is 0 Å². The lowest BCUT2D eigenvalue weighted by atomic mass is 10.00. The van der Waals surface area contributed by atoms with Gasteiger partial charge >= 0.3 is 0 Å². The van der Waals surface area contributed by atoms with Crippen molar-refractivity contribution >= 4 is 11.5 Å². The van der Waals surface area contributed by atoms with Gasteiger partial charge in [-0.3, -0.25) is 0 Å². The van der Waals surface area contributed by atoms with Crippen molar-refractivity contribution in [1.29, 1.82) is 0 Å². The maximum atomic E-state index is 6.26. The third kappa shape index (κ3) is 2.15. The predicted octanol–water partition coefficient (Wildman–Crippen LogP) is 2.75. The molecule has 0 saturated carbocycles. The monoisotopic (exact) mass is 270 g/mol. The van der Waals surface area contributed by atoms with E-state index >= 15 is 0 Å². The van der Waals surface area contributed by atoms with Crippen molar-refractivity contribution in [2.45, 2.75) is 39.8 Å². The van der Waals surface area contributed by atoms with E-state index in [0.29, 0.717) is 0 Å². The zero-order valence-corrected chi connectivity index (χ0v) is 12.3. The fourth-order valence-corrected chi connectivity index (χ4v) is 2.96. The topological polar surface area (TPSA) is 47.1 Å². The van der Waals surface area contributed by atoms with Gasteiger partial charge in [0, 0.05) is 19.6 Å². The lowest BCUT2D eigenvalue weighted by molar-refractivity contribution is 0.577. The van der Waals surface area contributed by atoms with Gasteiger partial charge in [-0.2, -0.15) is 5.10 Å². The van der Waals surface area contributed by atoms with Crippen LogP contribution >= 0.6 is 0 Å². The van der Waals surface area contributed by atoms with Crippen molar-refractivity contribution in [2.24, 2.45) is 0 Å². The van der Waals surface area contributed by atoms with Gasteiger partial charge in [0.25, 0.3) is 0 Å². The van der Waals surface area contributed by atoms with Crippen LogP contribution in [0.4, 0.5) is 11.5 Å². The van der Waals surface area contributed by atoms with Gasteiger partial charge in [-0.05, 0) is 30.9 Å². The first-order chi connectivity index (χ1) is 9.70. The fraction of sp³-hybridized carbons (Fsp3) is 0.438. The van der Waals surface area contributed by atoms with Crippen LogP contribution in [0, 0.1) is 6.92 Å². The van der Waals surface area contributed by atoms with Gasteiger partial charge in [0.2, 0.25) is 0 Å². The van der Waals surface area contributed by atoms with E-state index in [9.17, 15) is 0 Å². The summed E-state index contributed by atoms with van der Waals surface area (Å²) >= 11 is 0. The van der Waals surface area contributed by atoms with Gasteiger partial charge in [-0.25, -0.2) is 4.68 Å². The van der Waals surface area contributed by atoms with Gasteiger partial charge in [0.15, 0.2) is 5.82 Å². The SMILES string of the molecule is CCCn1nc(C)c(N)c1N1CCc2ccccc2C1. The molecule has 1 aromatic heterocycles. The number of fused-ring (bicyclic) bond motifs is 1. The smallest absolute Gasteiger partial charge is 0.150 e. The molecule has 2 N–H and O–H groups in total. The van der Waals surface area contributed by atoms with E-state index in [0.717, 1.165) is 49.7 Å². The van der Waals surface area contributed by atoms with E-state index in [4.69, 9.17) is 5.73 Å². The van der Waals surface area contributed by atoms with Crippen LogP contribution in [0.25, 0.3) is 0 Å². The largest absolute Gasteiger partial charge is 0.394 e. The van der Waals surface area contributed by atoms with Crippen molar-refractivity contribution in [1.82, 2.24) is 9.78 Å². The Morgan fingerprint density at radius 2 is 2.00 bits per heavy atom.